The molecule has 2 heteroatoms. The molecule has 0 aliphatic heterocycles. The first-order valence-corrected chi connectivity index (χ1v) is 6.29. The number of rotatable bonds is 2. The number of para-hydroxylation sites is 1. The molecule has 2 aromatic carbocycles. The Morgan fingerprint density at radius 3 is 2.44 bits per heavy atom. The predicted molar refractivity (Wildman–Crippen MR) is 76.0 cm³/mol. The summed E-state index contributed by atoms with van der Waals surface area (Å²) in [6, 6.07) is 20.2. The van der Waals surface area contributed by atoms with Crippen molar-refractivity contribution >= 4 is 22.5 Å². The Morgan fingerprint density at radius 1 is 0.889 bits per heavy atom. The lowest BCUT2D eigenvalue weighted by molar-refractivity contribution is 1.10. The molecule has 1 nitrogen and oxygen atoms in total. The molecule has 0 aliphatic carbocycles. The molecule has 3 aromatic rings. The van der Waals surface area contributed by atoms with Crippen LogP contribution >= 0.6 is 11.6 Å². The first-order chi connectivity index (χ1) is 8.83. The first-order valence-electron chi connectivity index (χ1n) is 5.91. The molecule has 0 saturated heterocycles. The van der Waals surface area contributed by atoms with Crippen molar-refractivity contribution in [3.8, 4) is 0 Å². The van der Waals surface area contributed by atoms with Crippen LogP contribution in [0.5, 0.6) is 0 Å². The van der Waals surface area contributed by atoms with Gasteiger partial charge in [-0.25, -0.2) is 0 Å². The van der Waals surface area contributed by atoms with Crippen molar-refractivity contribution in [3.05, 3.63) is 76.9 Å². The van der Waals surface area contributed by atoms with E-state index in [4.69, 9.17) is 11.6 Å². The molecule has 0 bridgehead atoms. The van der Waals surface area contributed by atoms with E-state index in [1.54, 1.807) is 0 Å². The minimum Gasteiger partial charge on any atom is -0.252 e. The molecular weight excluding hydrogens is 242 g/mol. The minimum absolute atomic E-state index is 0.770. The molecule has 0 saturated carbocycles. The zero-order valence-corrected chi connectivity index (χ0v) is 10.6. The fourth-order valence-corrected chi connectivity index (χ4v) is 2.37. The van der Waals surface area contributed by atoms with Crippen molar-refractivity contribution in [1.82, 2.24) is 4.98 Å². The van der Waals surface area contributed by atoms with Crippen LogP contribution in [0.4, 0.5) is 0 Å². The molecule has 0 fully saturated rings. The van der Waals surface area contributed by atoms with Gasteiger partial charge in [-0.15, -0.1) is 0 Å². The number of hydrogen-bond donors (Lipinski definition) is 0. The van der Waals surface area contributed by atoms with Gasteiger partial charge in [0.15, 0.2) is 0 Å². The standard InChI is InChI=1S/C16H12ClN/c17-15-11-13(10-12-6-2-1-3-7-12)18-16-9-5-4-8-14(15)16/h1-9,11H,10H2. The van der Waals surface area contributed by atoms with Crippen molar-refractivity contribution < 1.29 is 0 Å². The van der Waals surface area contributed by atoms with Crippen LogP contribution in [0.25, 0.3) is 10.9 Å². The molecule has 0 aliphatic rings. The molecule has 18 heavy (non-hydrogen) atoms. The Labute approximate surface area is 111 Å². The second kappa shape index (κ2) is 4.79. The topological polar surface area (TPSA) is 12.9 Å². The summed E-state index contributed by atoms with van der Waals surface area (Å²) in [7, 11) is 0. The third kappa shape index (κ3) is 2.22. The number of halogens is 1. The SMILES string of the molecule is Clc1cc(Cc2ccccc2)nc2ccccc12. The molecule has 3 rings (SSSR count). The Kier molecular flexibility index (Phi) is 2.99. The monoisotopic (exact) mass is 253 g/mol. The van der Waals surface area contributed by atoms with E-state index in [1.807, 2.05) is 48.5 Å². The zero-order valence-electron chi connectivity index (χ0n) is 9.81. The van der Waals surface area contributed by atoms with E-state index in [0.29, 0.717) is 0 Å². The minimum atomic E-state index is 0.770. The van der Waals surface area contributed by atoms with Crippen LogP contribution in [0.2, 0.25) is 5.02 Å². The van der Waals surface area contributed by atoms with E-state index in [1.165, 1.54) is 5.56 Å². The van der Waals surface area contributed by atoms with Crippen LogP contribution < -0.4 is 0 Å². The highest BCUT2D eigenvalue weighted by atomic mass is 35.5. The summed E-state index contributed by atoms with van der Waals surface area (Å²) in [6.45, 7) is 0. The largest absolute Gasteiger partial charge is 0.252 e. The lowest BCUT2D eigenvalue weighted by atomic mass is 10.1. The summed E-state index contributed by atoms with van der Waals surface area (Å²) in [5.74, 6) is 0. The molecule has 0 spiro atoms. The summed E-state index contributed by atoms with van der Waals surface area (Å²) in [6.07, 6.45) is 0.811. The molecule has 0 amide bonds. The van der Waals surface area contributed by atoms with Gasteiger partial charge in [0.1, 0.15) is 0 Å². The van der Waals surface area contributed by atoms with Crippen LogP contribution in [-0.2, 0) is 6.42 Å². The summed E-state index contributed by atoms with van der Waals surface area (Å²) < 4.78 is 0. The zero-order chi connectivity index (χ0) is 12.4. The second-order valence-electron chi connectivity index (χ2n) is 4.27. The number of hydrogen-bond acceptors (Lipinski definition) is 1. The van der Waals surface area contributed by atoms with Gasteiger partial charge in [-0.2, -0.15) is 0 Å². The van der Waals surface area contributed by atoms with Crippen molar-refractivity contribution in [3.63, 3.8) is 0 Å². The fraction of sp³-hybridized carbons (Fsp3) is 0.0625. The van der Waals surface area contributed by atoms with E-state index >= 15 is 0 Å². The maximum atomic E-state index is 6.29. The molecular formula is C16H12ClN. The van der Waals surface area contributed by atoms with Crippen LogP contribution in [0, 0.1) is 0 Å². The van der Waals surface area contributed by atoms with E-state index in [2.05, 4.69) is 17.1 Å². The lowest BCUT2D eigenvalue weighted by Crippen LogP contribution is -1.93. The van der Waals surface area contributed by atoms with Crippen LogP contribution in [0.1, 0.15) is 11.3 Å². The van der Waals surface area contributed by atoms with Gasteiger partial charge in [-0.3, -0.25) is 4.98 Å². The van der Waals surface area contributed by atoms with Gasteiger partial charge in [0, 0.05) is 17.5 Å². The first kappa shape index (κ1) is 11.2. The number of aromatic nitrogens is 1. The smallest absolute Gasteiger partial charge is 0.0720 e. The number of benzene rings is 2. The molecule has 1 aromatic heterocycles. The lowest BCUT2D eigenvalue weighted by Gasteiger charge is -2.05. The summed E-state index contributed by atoms with van der Waals surface area (Å²) in [5, 5.41) is 1.78. The average Bonchev–Trinajstić information content (AvgIpc) is 2.40. The third-order valence-corrected chi connectivity index (χ3v) is 3.26. The Balaban J connectivity index is 2.03. The van der Waals surface area contributed by atoms with Crippen molar-refractivity contribution in [2.24, 2.45) is 0 Å². The van der Waals surface area contributed by atoms with Crippen LogP contribution in [0.3, 0.4) is 0 Å². The van der Waals surface area contributed by atoms with Gasteiger partial charge in [0.2, 0.25) is 0 Å². The fourth-order valence-electron chi connectivity index (χ4n) is 2.08. The number of nitrogens with zero attached hydrogens (tertiary/aromatic N) is 1. The molecule has 0 N–H and O–H groups in total. The molecule has 0 radical (unpaired) electrons. The number of fused-ring (bicyclic) bond motifs is 1. The van der Waals surface area contributed by atoms with E-state index in [-0.39, 0.29) is 0 Å². The highest BCUT2D eigenvalue weighted by Crippen LogP contribution is 2.23. The summed E-state index contributed by atoms with van der Waals surface area (Å²) in [4.78, 5) is 4.65. The van der Waals surface area contributed by atoms with E-state index in [0.717, 1.165) is 28.0 Å². The van der Waals surface area contributed by atoms with Crippen LogP contribution in [-0.4, -0.2) is 4.98 Å². The molecule has 88 valence electrons. The van der Waals surface area contributed by atoms with Gasteiger partial charge >= 0.3 is 0 Å². The second-order valence-corrected chi connectivity index (χ2v) is 4.68. The third-order valence-electron chi connectivity index (χ3n) is 2.95. The Hall–Kier alpha value is -1.86. The highest BCUT2D eigenvalue weighted by Gasteiger charge is 2.04. The Bertz CT molecular complexity index is 677. The van der Waals surface area contributed by atoms with Crippen molar-refractivity contribution in [2.45, 2.75) is 6.42 Å². The van der Waals surface area contributed by atoms with E-state index < -0.39 is 0 Å². The summed E-state index contributed by atoms with van der Waals surface area (Å²) in [5.41, 5.74) is 3.21. The maximum Gasteiger partial charge on any atom is 0.0720 e. The van der Waals surface area contributed by atoms with Gasteiger partial charge in [-0.1, -0.05) is 60.1 Å². The van der Waals surface area contributed by atoms with Gasteiger partial charge in [0.05, 0.1) is 10.5 Å². The maximum absolute atomic E-state index is 6.29. The Morgan fingerprint density at radius 2 is 1.61 bits per heavy atom. The number of pyridine rings is 1. The quantitative estimate of drug-likeness (QED) is 0.656. The van der Waals surface area contributed by atoms with Crippen LogP contribution in [0.15, 0.2) is 60.7 Å². The highest BCUT2D eigenvalue weighted by molar-refractivity contribution is 6.35. The van der Waals surface area contributed by atoms with Crippen molar-refractivity contribution in [2.75, 3.05) is 0 Å². The van der Waals surface area contributed by atoms with Gasteiger partial charge in [0.25, 0.3) is 0 Å². The van der Waals surface area contributed by atoms with Crippen molar-refractivity contribution in [1.29, 1.82) is 0 Å². The normalized spacial score (nSPS) is 10.7. The average molecular weight is 254 g/mol. The molecule has 1 heterocycles. The molecule has 0 unspecified atom stereocenters. The van der Waals surface area contributed by atoms with Gasteiger partial charge in [-0.05, 0) is 17.7 Å². The summed E-state index contributed by atoms with van der Waals surface area (Å²) >= 11 is 6.29. The molecule has 0 atom stereocenters. The van der Waals surface area contributed by atoms with E-state index in [9.17, 15) is 0 Å². The predicted octanol–water partition coefficient (Wildman–Crippen LogP) is 4.48. The van der Waals surface area contributed by atoms with Gasteiger partial charge < -0.3 is 0 Å².